The van der Waals surface area contributed by atoms with Gasteiger partial charge in [-0.15, -0.1) is 0 Å². The molecular weight excluding hydrogens is 346 g/mol. The highest BCUT2D eigenvalue weighted by molar-refractivity contribution is 6.12. The summed E-state index contributed by atoms with van der Waals surface area (Å²) in [6.07, 6.45) is 11.5. The van der Waals surface area contributed by atoms with Crippen LogP contribution in [0, 0.1) is 0 Å². The fourth-order valence-corrected chi connectivity index (χ4v) is 3.19. The maximum absolute atomic E-state index is 12.1. The average Bonchev–Trinajstić information content (AvgIpc) is 2.74. The van der Waals surface area contributed by atoms with Crippen LogP contribution in [-0.4, -0.2) is 11.7 Å². The average molecular weight is 380 g/mol. The summed E-state index contributed by atoms with van der Waals surface area (Å²) >= 11 is 0. The number of hydrogen-bond acceptors (Lipinski definition) is 3. The normalized spacial score (nSPS) is 10.5. The molecule has 0 aliphatic heterocycles. The first kappa shape index (κ1) is 21.9. The largest absolute Gasteiger partial charge is 0.335 e. The fraction of sp³-hybridized carbons (Fsp3) is 0.440. The predicted molar refractivity (Wildman–Crippen MR) is 116 cm³/mol. The van der Waals surface area contributed by atoms with E-state index in [0.29, 0.717) is 12.1 Å². The second-order valence-corrected chi connectivity index (χ2v) is 7.21. The topological polar surface area (TPSA) is 38.7 Å². The third-order valence-electron chi connectivity index (χ3n) is 4.82. The van der Waals surface area contributed by atoms with E-state index in [4.69, 9.17) is 4.84 Å². The van der Waals surface area contributed by atoms with Gasteiger partial charge in [0.1, 0.15) is 5.71 Å². The highest BCUT2D eigenvalue weighted by Crippen LogP contribution is 2.13. The lowest BCUT2D eigenvalue weighted by Gasteiger charge is -2.07. The molecule has 0 fully saturated rings. The Hall–Kier alpha value is -2.42. The zero-order valence-electron chi connectivity index (χ0n) is 17.1. The molecule has 0 amide bonds. The summed E-state index contributed by atoms with van der Waals surface area (Å²) in [5.41, 5.74) is 2.55. The first-order valence-corrected chi connectivity index (χ1v) is 10.7. The van der Waals surface area contributed by atoms with Gasteiger partial charge in [-0.25, -0.2) is 4.79 Å². The van der Waals surface area contributed by atoms with Crippen LogP contribution in [0.15, 0.2) is 65.8 Å². The molecule has 0 aliphatic rings. The van der Waals surface area contributed by atoms with Crippen molar-refractivity contribution in [2.24, 2.45) is 5.16 Å². The Morgan fingerprint density at radius 1 is 0.714 bits per heavy atom. The van der Waals surface area contributed by atoms with E-state index in [1.54, 1.807) is 0 Å². The van der Waals surface area contributed by atoms with E-state index in [0.717, 1.165) is 24.0 Å². The van der Waals surface area contributed by atoms with E-state index >= 15 is 0 Å². The highest BCUT2D eigenvalue weighted by Gasteiger charge is 2.09. The minimum absolute atomic E-state index is 0.257. The second kappa shape index (κ2) is 13.7. The molecule has 0 saturated carbocycles. The zero-order chi connectivity index (χ0) is 19.9. The quantitative estimate of drug-likeness (QED) is 0.164. The molecule has 0 unspecified atom stereocenters. The van der Waals surface area contributed by atoms with Gasteiger partial charge in [0.25, 0.3) is 0 Å². The van der Waals surface area contributed by atoms with Crippen molar-refractivity contribution in [3.63, 3.8) is 0 Å². The predicted octanol–water partition coefficient (Wildman–Crippen LogP) is 6.90. The third kappa shape index (κ3) is 8.51. The molecule has 2 aromatic carbocycles. The van der Waals surface area contributed by atoms with Crippen LogP contribution >= 0.6 is 0 Å². The van der Waals surface area contributed by atoms with Crippen molar-refractivity contribution < 1.29 is 9.63 Å². The lowest BCUT2D eigenvalue weighted by Crippen LogP contribution is -2.07. The van der Waals surface area contributed by atoms with Gasteiger partial charge in [0.15, 0.2) is 0 Å². The molecule has 0 aliphatic carbocycles. The van der Waals surface area contributed by atoms with Gasteiger partial charge in [-0.2, -0.15) is 0 Å². The van der Waals surface area contributed by atoms with Gasteiger partial charge < -0.3 is 4.84 Å². The van der Waals surface area contributed by atoms with Gasteiger partial charge in [-0.05, 0) is 6.42 Å². The van der Waals surface area contributed by atoms with Crippen molar-refractivity contribution >= 4 is 11.7 Å². The number of carbonyl (C=O) groups excluding carboxylic acids is 1. The monoisotopic (exact) mass is 379 g/mol. The Kier molecular flexibility index (Phi) is 10.7. The summed E-state index contributed by atoms with van der Waals surface area (Å²) in [6.45, 7) is 2.24. The zero-order valence-corrected chi connectivity index (χ0v) is 17.1. The maximum Gasteiger partial charge on any atom is 0.335 e. The molecule has 3 nitrogen and oxygen atoms in total. The van der Waals surface area contributed by atoms with Crippen molar-refractivity contribution in [3.05, 3.63) is 71.8 Å². The minimum Gasteiger partial charge on any atom is -0.318 e. The van der Waals surface area contributed by atoms with Gasteiger partial charge in [0.2, 0.25) is 0 Å². The third-order valence-corrected chi connectivity index (χ3v) is 4.82. The Balaban J connectivity index is 1.75. The van der Waals surface area contributed by atoms with Crippen LogP contribution in [0.1, 0.15) is 82.3 Å². The van der Waals surface area contributed by atoms with Crippen molar-refractivity contribution in [2.45, 2.75) is 71.1 Å². The number of hydrogen-bond donors (Lipinski definition) is 0. The summed E-state index contributed by atoms with van der Waals surface area (Å²) in [7, 11) is 0. The molecule has 3 heteroatoms. The first-order chi connectivity index (χ1) is 13.8. The van der Waals surface area contributed by atoms with Crippen molar-refractivity contribution in [1.82, 2.24) is 0 Å². The summed E-state index contributed by atoms with van der Waals surface area (Å²) in [4.78, 5) is 17.3. The van der Waals surface area contributed by atoms with E-state index in [9.17, 15) is 4.79 Å². The standard InChI is InChI=1S/C25H33NO2/c1-2-3-4-5-6-7-8-9-16-21-24(27)28-26-25(22-17-12-10-13-18-22)23-19-14-11-15-20-23/h10-15,17-20H,2-9,16,21H2,1H3. The Bertz CT molecular complexity index is 654. The molecular formula is C25H33NO2. The van der Waals surface area contributed by atoms with Gasteiger partial charge in [0, 0.05) is 17.5 Å². The molecule has 0 atom stereocenters. The SMILES string of the molecule is CCCCCCCCCCCC(=O)ON=C(c1ccccc1)c1ccccc1. The van der Waals surface area contributed by atoms with E-state index < -0.39 is 0 Å². The molecule has 0 spiro atoms. The van der Waals surface area contributed by atoms with Gasteiger partial charge in [-0.3, -0.25) is 0 Å². The number of carbonyl (C=O) groups is 1. The Morgan fingerprint density at radius 2 is 1.18 bits per heavy atom. The van der Waals surface area contributed by atoms with E-state index in [-0.39, 0.29) is 5.97 Å². The van der Waals surface area contributed by atoms with Crippen LogP contribution in [0.5, 0.6) is 0 Å². The maximum atomic E-state index is 12.1. The molecule has 150 valence electrons. The van der Waals surface area contributed by atoms with Crippen molar-refractivity contribution in [1.29, 1.82) is 0 Å². The summed E-state index contributed by atoms with van der Waals surface area (Å²) in [5, 5.41) is 4.19. The molecule has 0 N–H and O–H groups in total. The van der Waals surface area contributed by atoms with Crippen LogP contribution < -0.4 is 0 Å². The number of nitrogens with zero attached hydrogens (tertiary/aromatic N) is 1. The van der Waals surface area contributed by atoms with Crippen molar-refractivity contribution in [2.75, 3.05) is 0 Å². The highest BCUT2D eigenvalue weighted by atomic mass is 16.7. The molecule has 0 bridgehead atoms. The van der Waals surface area contributed by atoms with Crippen LogP contribution in [0.2, 0.25) is 0 Å². The number of oxime groups is 1. The van der Waals surface area contributed by atoms with Crippen LogP contribution in [0.3, 0.4) is 0 Å². The Morgan fingerprint density at radius 3 is 1.68 bits per heavy atom. The van der Waals surface area contributed by atoms with E-state index in [1.165, 1.54) is 44.9 Å². The number of unbranched alkanes of at least 4 members (excludes halogenated alkanes) is 8. The van der Waals surface area contributed by atoms with Crippen LogP contribution in [0.4, 0.5) is 0 Å². The Labute approximate surface area is 169 Å². The first-order valence-electron chi connectivity index (χ1n) is 10.7. The molecule has 2 aromatic rings. The molecule has 0 aromatic heterocycles. The number of benzene rings is 2. The summed E-state index contributed by atoms with van der Waals surface area (Å²) in [5.74, 6) is -0.257. The summed E-state index contributed by atoms with van der Waals surface area (Å²) < 4.78 is 0. The smallest absolute Gasteiger partial charge is 0.318 e. The number of rotatable bonds is 13. The van der Waals surface area contributed by atoms with Crippen molar-refractivity contribution in [3.8, 4) is 0 Å². The molecule has 28 heavy (non-hydrogen) atoms. The lowest BCUT2D eigenvalue weighted by atomic mass is 10.0. The molecule has 0 saturated heterocycles. The molecule has 0 heterocycles. The molecule has 0 radical (unpaired) electrons. The van der Waals surface area contributed by atoms with Crippen LogP contribution in [0.25, 0.3) is 0 Å². The van der Waals surface area contributed by atoms with E-state index in [1.807, 2.05) is 60.7 Å². The van der Waals surface area contributed by atoms with Gasteiger partial charge in [0.05, 0.1) is 0 Å². The molecule has 2 rings (SSSR count). The van der Waals surface area contributed by atoms with Crippen LogP contribution in [-0.2, 0) is 9.63 Å². The van der Waals surface area contributed by atoms with Gasteiger partial charge >= 0.3 is 5.97 Å². The minimum atomic E-state index is -0.257. The fourth-order valence-electron chi connectivity index (χ4n) is 3.19. The summed E-state index contributed by atoms with van der Waals surface area (Å²) in [6, 6.07) is 19.6. The second-order valence-electron chi connectivity index (χ2n) is 7.21. The van der Waals surface area contributed by atoms with Gasteiger partial charge in [-0.1, -0.05) is 124 Å². The lowest BCUT2D eigenvalue weighted by molar-refractivity contribution is -0.143. The van der Waals surface area contributed by atoms with E-state index in [2.05, 4.69) is 12.1 Å².